The molecule has 0 unspecified atom stereocenters. The van der Waals surface area contributed by atoms with Crippen LogP contribution in [0.2, 0.25) is 0 Å². The van der Waals surface area contributed by atoms with E-state index in [-0.39, 0.29) is 12.0 Å². The highest BCUT2D eigenvalue weighted by atomic mass is 16.5. The van der Waals surface area contributed by atoms with Crippen molar-refractivity contribution in [3.8, 4) is 5.75 Å². The molecule has 0 saturated heterocycles. The Balaban J connectivity index is 1.73. The van der Waals surface area contributed by atoms with Crippen LogP contribution in [0, 0.1) is 13.8 Å². The lowest BCUT2D eigenvalue weighted by Gasteiger charge is -2.39. The topological polar surface area (TPSA) is 25.0 Å². The number of ether oxygens (including phenoxy) is 1. The minimum absolute atomic E-state index is 0.0431. The minimum atomic E-state index is -0.0431. The molecule has 0 fully saturated rings. The largest absolute Gasteiger partial charge is 0.483 e. The fraction of sp³-hybridized carbons (Fsp3) is 0.231. The van der Waals surface area contributed by atoms with Crippen LogP contribution in [0.5, 0.6) is 5.75 Å². The van der Waals surface area contributed by atoms with Gasteiger partial charge in [-0.05, 0) is 54.2 Å². The Bertz CT molecular complexity index is 1160. The highest BCUT2D eigenvalue weighted by molar-refractivity contribution is 5.84. The highest BCUT2D eigenvalue weighted by Gasteiger charge is 2.39. The number of hydrogen-bond acceptors (Lipinski definition) is 1. The second kappa shape index (κ2) is 6.56. The number of H-pyrrole nitrogens is 1. The predicted octanol–water partition coefficient (Wildman–Crippen LogP) is 6.81. The molecule has 3 atom stereocenters. The van der Waals surface area contributed by atoms with Gasteiger partial charge in [0.15, 0.2) is 0 Å². The molecule has 0 aliphatic carbocycles. The average Bonchev–Trinajstić information content (AvgIpc) is 3.06. The van der Waals surface area contributed by atoms with E-state index in [2.05, 4.69) is 98.6 Å². The Hall–Kier alpha value is -3.00. The molecule has 0 saturated carbocycles. The van der Waals surface area contributed by atoms with Gasteiger partial charge in [0.2, 0.25) is 0 Å². The SMILES string of the molecule is Cc1ccccc1[C@@H]1[C@H](C)c2ccccc2O[C@H]1c1[nH]c2ccccc2c1C. The Morgan fingerprint density at radius 3 is 2.25 bits per heavy atom. The van der Waals surface area contributed by atoms with E-state index in [9.17, 15) is 0 Å². The molecule has 2 heteroatoms. The zero-order valence-electron chi connectivity index (χ0n) is 16.6. The molecular weight excluding hydrogens is 342 g/mol. The fourth-order valence-corrected chi connectivity index (χ4v) is 4.85. The molecule has 0 radical (unpaired) electrons. The van der Waals surface area contributed by atoms with E-state index in [1.807, 2.05) is 0 Å². The molecule has 28 heavy (non-hydrogen) atoms. The lowest BCUT2D eigenvalue weighted by molar-refractivity contribution is 0.132. The van der Waals surface area contributed by atoms with Crippen LogP contribution in [-0.2, 0) is 0 Å². The molecule has 2 heterocycles. The van der Waals surface area contributed by atoms with Crippen molar-refractivity contribution in [1.29, 1.82) is 0 Å². The second-order valence-electron chi connectivity index (χ2n) is 7.96. The van der Waals surface area contributed by atoms with E-state index in [1.165, 1.54) is 38.9 Å². The van der Waals surface area contributed by atoms with E-state index >= 15 is 0 Å². The van der Waals surface area contributed by atoms with Crippen LogP contribution < -0.4 is 4.74 Å². The second-order valence-corrected chi connectivity index (χ2v) is 7.96. The summed E-state index contributed by atoms with van der Waals surface area (Å²) in [6.45, 7) is 6.75. The first-order chi connectivity index (χ1) is 13.6. The van der Waals surface area contributed by atoms with Crippen molar-refractivity contribution >= 4 is 10.9 Å². The van der Waals surface area contributed by atoms with E-state index in [1.54, 1.807) is 0 Å². The van der Waals surface area contributed by atoms with Gasteiger partial charge in [0, 0.05) is 16.8 Å². The van der Waals surface area contributed by atoms with Crippen LogP contribution in [0.1, 0.15) is 52.8 Å². The number of nitrogens with one attached hydrogen (secondary N) is 1. The molecule has 0 bridgehead atoms. The summed E-state index contributed by atoms with van der Waals surface area (Å²) >= 11 is 0. The maximum Gasteiger partial charge on any atom is 0.146 e. The monoisotopic (exact) mass is 367 g/mol. The quantitative estimate of drug-likeness (QED) is 0.414. The van der Waals surface area contributed by atoms with Gasteiger partial charge in [-0.1, -0.05) is 67.6 Å². The van der Waals surface area contributed by atoms with Crippen molar-refractivity contribution in [1.82, 2.24) is 4.98 Å². The van der Waals surface area contributed by atoms with Crippen LogP contribution in [0.15, 0.2) is 72.8 Å². The number of aromatic nitrogens is 1. The van der Waals surface area contributed by atoms with Gasteiger partial charge in [-0.15, -0.1) is 0 Å². The predicted molar refractivity (Wildman–Crippen MR) is 115 cm³/mol. The lowest BCUT2D eigenvalue weighted by Crippen LogP contribution is -2.28. The minimum Gasteiger partial charge on any atom is -0.483 e. The summed E-state index contributed by atoms with van der Waals surface area (Å²) in [5, 5.41) is 1.27. The number of rotatable bonds is 2. The third kappa shape index (κ3) is 2.56. The molecule has 140 valence electrons. The third-order valence-electron chi connectivity index (χ3n) is 6.36. The van der Waals surface area contributed by atoms with Crippen molar-refractivity contribution in [3.05, 3.63) is 101 Å². The highest BCUT2D eigenvalue weighted by Crippen LogP contribution is 2.52. The first-order valence-corrected chi connectivity index (χ1v) is 10.0. The number of hydrogen-bond donors (Lipinski definition) is 1. The molecule has 0 spiro atoms. The molecule has 5 rings (SSSR count). The molecule has 2 nitrogen and oxygen atoms in total. The molecule has 1 aliphatic rings. The summed E-state index contributed by atoms with van der Waals surface area (Å²) in [4.78, 5) is 3.68. The van der Waals surface area contributed by atoms with Gasteiger partial charge in [0.25, 0.3) is 0 Å². The molecule has 4 aromatic rings. The Morgan fingerprint density at radius 2 is 1.46 bits per heavy atom. The zero-order valence-corrected chi connectivity index (χ0v) is 16.6. The van der Waals surface area contributed by atoms with Gasteiger partial charge >= 0.3 is 0 Å². The molecular formula is C26H25NO. The van der Waals surface area contributed by atoms with Crippen molar-refractivity contribution < 1.29 is 4.74 Å². The molecule has 0 amide bonds. The van der Waals surface area contributed by atoms with Crippen LogP contribution in [0.25, 0.3) is 10.9 Å². The van der Waals surface area contributed by atoms with Crippen LogP contribution in [0.3, 0.4) is 0 Å². The number of fused-ring (bicyclic) bond motifs is 2. The molecule has 1 aliphatic heterocycles. The smallest absolute Gasteiger partial charge is 0.146 e. The normalized spacial score (nSPS) is 21.3. The van der Waals surface area contributed by atoms with E-state index in [0.29, 0.717) is 5.92 Å². The first-order valence-electron chi connectivity index (χ1n) is 10.0. The van der Waals surface area contributed by atoms with Crippen LogP contribution >= 0.6 is 0 Å². The molecule has 1 aromatic heterocycles. The zero-order chi connectivity index (χ0) is 19.3. The summed E-state index contributed by atoms with van der Waals surface area (Å²) in [6.07, 6.45) is -0.0431. The van der Waals surface area contributed by atoms with Crippen molar-refractivity contribution in [2.24, 2.45) is 0 Å². The van der Waals surface area contributed by atoms with Gasteiger partial charge in [-0.3, -0.25) is 0 Å². The maximum atomic E-state index is 6.69. The lowest BCUT2D eigenvalue weighted by atomic mass is 9.74. The van der Waals surface area contributed by atoms with Gasteiger partial charge in [-0.25, -0.2) is 0 Å². The van der Waals surface area contributed by atoms with Crippen molar-refractivity contribution in [2.45, 2.75) is 38.7 Å². The fourth-order valence-electron chi connectivity index (χ4n) is 4.85. The van der Waals surface area contributed by atoms with Gasteiger partial charge in [0.05, 0.1) is 5.69 Å². The van der Waals surface area contributed by atoms with Gasteiger partial charge in [0.1, 0.15) is 11.9 Å². The summed E-state index contributed by atoms with van der Waals surface area (Å²) < 4.78 is 6.69. The van der Waals surface area contributed by atoms with Gasteiger partial charge in [-0.2, -0.15) is 0 Å². The van der Waals surface area contributed by atoms with Crippen LogP contribution in [0.4, 0.5) is 0 Å². The first kappa shape index (κ1) is 17.1. The Labute approximate surface area is 166 Å². The summed E-state index contributed by atoms with van der Waals surface area (Å²) in [6, 6.07) is 25.7. The maximum absolute atomic E-state index is 6.69. The number of aryl methyl sites for hydroxylation is 2. The summed E-state index contributed by atoms with van der Waals surface area (Å²) in [5.74, 6) is 1.62. The van der Waals surface area contributed by atoms with Crippen molar-refractivity contribution in [2.75, 3.05) is 0 Å². The number of benzene rings is 3. The molecule has 1 N–H and O–H groups in total. The standard InChI is InChI=1S/C26H25NO/c1-16-10-4-5-11-19(16)24-17(2)21-13-7-9-15-23(21)28-26(24)25-18(3)20-12-6-8-14-22(20)27-25/h4-15,17,24,26-27H,1-3H3/t17-,24+,26-/m1/s1. The Morgan fingerprint density at radius 1 is 0.786 bits per heavy atom. The third-order valence-corrected chi connectivity index (χ3v) is 6.36. The van der Waals surface area contributed by atoms with E-state index in [4.69, 9.17) is 4.74 Å². The average molecular weight is 367 g/mol. The Kier molecular flexibility index (Phi) is 4.01. The number of para-hydroxylation sites is 2. The number of aromatic amines is 1. The van der Waals surface area contributed by atoms with Crippen molar-refractivity contribution in [3.63, 3.8) is 0 Å². The summed E-state index contributed by atoms with van der Waals surface area (Å²) in [5.41, 5.74) is 7.63. The molecule has 3 aromatic carbocycles. The van der Waals surface area contributed by atoms with E-state index in [0.717, 1.165) is 5.75 Å². The van der Waals surface area contributed by atoms with Gasteiger partial charge < -0.3 is 9.72 Å². The van der Waals surface area contributed by atoms with Crippen LogP contribution in [-0.4, -0.2) is 4.98 Å². The summed E-state index contributed by atoms with van der Waals surface area (Å²) in [7, 11) is 0. The van der Waals surface area contributed by atoms with E-state index < -0.39 is 0 Å².